The van der Waals surface area contributed by atoms with Crippen molar-refractivity contribution in [2.24, 2.45) is 0 Å². The van der Waals surface area contributed by atoms with Crippen LogP contribution < -0.4 is 15.4 Å². The number of nitriles is 1. The lowest BCUT2D eigenvalue weighted by molar-refractivity contribution is 0.102. The van der Waals surface area contributed by atoms with Crippen LogP contribution in [0.15, 0.2) is 60.8 Å². The standard InChI is InChI=1S/C28H25N5O2S/c1-17-12-21(22-13-18(15-29)8-11-25(22)35-2)23(16-30-17)27(34)33-28-32-24-10-9-20(14-26(24)36-28)31-19-6-4-3-5-7-19/h3-8,11-13,16,20,31H,9-10,14H2,1-2H3,(H,32,33,34). The molecule has 0 radical (unpaired) electrons. The van der Waals surface area contributed by atoms with Crippen molar-refractivity contribution in [3.05, 3.63) is 88.2 Å². The van der Waals surface area contributed by atoms with Gasteiger partial charge in [0.25, 0.3) is 5.91 Å². The second-order valence-corrected chi connectivity index (χ2v) is 9.77. The molecule has 8 heteroatoms. The summed E-state index contributed by atoms with van der Waals surface area (Å²) in [5, 5.41) is 16.5. The molecule has 0 bridgehead atoms. The number of nitrogens with zero attached hydrogens (tertiary/aromatic N) is 3. The number of rotatable bonds is 6. The van der Waals surface area contributed by atoms with Gasteiger partial charge < -0.3 is 10.1 Å². The van der Waals surface area contributed by atoms with Gasteiger partial charge in [-0.1, -0.05) is 18.2 Å². The maximum absolute atomic E-state index is 13.4. The number of nitrogens with one attached hydrogen (secondary N) is 2. The lowest BCUT2D eigenvalue weighted by atomic mass is 9.97. The molecule has 1 amide bonds. The van der Waals surface area contributed by atoms with Crippen molar-refractivity contribution >= 4 is 28.1 Å². The summed E-state index contributed by atoms with van der Waals surface area (Å²) in [5.74, 6) is 0.280. The Kier molecular flexibility index (Phi) is 6.65. The zero-order chi connectivity index (χ0) is 25.1. The number of aromatic nitrogens is 2. The van der Waals surface area contributed by atoms with Gasteiger partial charge in [0.15, 0.2) is 5.13 Å². The van der Waals surface area contributed by atoms with E-state index in [0.717, 1.165) is 36.3 Å². The smallest absolute Gasteiger partial charge is 0.259 e. The topological polar surface area (TPSA) is 99.9 Å². The Morgan fingerprint density at radius 3 is 2.78 bits per heavy atom. The summed E-state index contributed by atoms with van der Waals surface area (Å²) >= 11 is 1.52. The molecule has 2 heterocycles. The van der Waals surface area contributed by atoms with Crippen molar-refractivity contribution in [3.63, 3.8) is 0 Å². The van der Waals surface area contributed by atoms with Crippen LogP contribution in [0.2, 0.25) is 0 Å². The number of ether oxygens (including phenoxy) is 1. The monoisotopic (exact) mass is 495 g/mol. The molecule has 180 valence electrons. The van der Waals surface area contributed by atoms with Gasteiger partial charge in [0.1, 0.15) is 5.75 Å². The first-order chi connectivity index (χ1) is 17.5. The fourth-order valence-corrected chi connectivity index (χ4v) is 5.52. The molecule has 1 aliphatic rings. The Morgan fingerprint density at radius 2 is 2.00 bits per heavy atom. The highest BCUT2D eigenvalue weighted by Gasteiger charge is 2.24. The fraction of sp³-hybridized carbons (Fsp3) is 0.214. The third-order valence-electron chi connectivity index (χ3n) is 6.21. The van der Waals surface area contributed by atoms with Crippen molar-refractivity contribution in [2.75, 3.05) is 17.7 Å². The second kappa shape index (κ2) is 10.2. The van der Waals surface area contributed by atoms with Gasteiger partial charge in [-0.25, -0.2) is 4.98 Å². The molecule has 36 heavy (non-hydrogen) atoms. The summed E-state index contributed by atoms with van der Waals surface area (Å²) < 4.78 is 5.52. The van der Waals surface area contributed by atoms with Crippen LogP contribution in [-0.2, 0) is 12.8 Å². The number of pyridine rings is 1. The molecule has 0 saturated heterocycles. The maximum Gasteiger partial charge on any atom is 0.259 e. The van der Waals surface area contributed by atoms with Gasteiger partial charge in [0.05, 0.1) is 30.0 Å². The van der Waals surface area contributed by atoms with E-state index in [-0.39, 0.29) is 5.91 Å². The van der Waals surface area contributed by atoms with E-state index in [1.807, 2.05) is 31.2 Å². The Bertz CT molecular complexity index is 1460. The number of methoxy groups -OCH3 is 1. The number of hydrogen-bond donors (Lipinski definition) is 2. The quantitative estimate of drug-likeness (QED) is 0.360. The highest BCUT2D eigenvalue weighted by atomic mass is 32.1. The van der Waals surface area contributed by atoms with Crippen LogP contribution in [0.5, 0.6) is 5.75 Å². The molecule has 1 atom stereocenters. The number of aryl methyl sites for hydroxylation is 2. The van der Waals surface area contributed by atoms with E-state index in [0.29, 0.717) is 39.2 Å². The Hall–Kier alpha value is -4.22. The lowest BCUT2D eigenvalue weighted by Gasteiger charge is -2.23. The minimum atomic E-state index is -0.299. The number of hydrogen-bond acceptors (Lipinski definition) is 7. The van der Waals surface area contributed by atoms with E-state index in [1.165, 1.54) is 16.2 Å². The van der Waals surface area contributed by atoms with Gasteiger partial charge in [-0.2, -0.15) is 5.26 Å². The number of thiazole rings is 1. The van der Waals surface area contributed by atoms with Crippen LogP contribution in [0.4, 0.5) is 10.8 Å². The molecule has 7 nitrogen and oxygen atoms in total. The number of carbonyl (C=O) groups is 1. The third-order valence-corrected chi connectivity index (χ3v) is 7.24. The second-order valence-electron chi connectivity index (χ2n) is 8.69. The molecular weight excluding hydrogens is 470 g/mol. The summed E-state index contributed by atoms with van der Waals surface area (Å²) in [5.41, 5.74) is 5.12. The Balaban J connectivity index is 1.38. The van der Waals surface area contributed by atoms with Crippen LogP contribution in [-0.4, -0.2) is 29.0 Å². The van der Waals surface area contributed by atoms with E-state index >= 15 is 0 Å². The number of anilines is 2. The highest BCUT2D eigenvalue weighted by molar-refractivity contribution is 7.15. The molecule has 0 aliphatic heterocycles. The number of amides is 1. The molecule has 5 rings (SSSR count). The van der Waals surface area contributed by atoms with Crippen LogP contribution >= 0.6 is 11.3 Å². The summed E-state index contributed by atoms with van der Waals surface area (Å²) in [7, 11) is 1.57. The average molecular weight is 496 g/mol. The molecule has 0 saturated carbocycles. The van der Waals surface area contributed by atoms with Gasteiger partial charge in [-0.3, -0.25) is 15.1 Å². The van der Waals surface area contributed by atoms with E-state index in [4.69, 9.17) is 9.72 Å². The largest absolute Gasteiger partial charge is 0.496 e. The normalized spacial score (nSPS) is 14.4. The maximum atomic E-state index is 13.4. The minimum absolute atomic E-state index is 0.299. The molecule has 0 spiro atoms. The highest BCUT2D eigenvalue weighted by Crippen LogP contribution is 2.35. The summed E-state index contributed by atoms with van der Waals surface area (Å²) in [4.78, 5) is 23.6. The number of fused-ring (bicyclic) bond motifs is 1. The molecule has 1 aliphatic carbocycles. The zero-order valence-electron chi connectivity index (χ0n) is 20.0. The van der Waals surface area contributed by atoms with E-state index < -0.39 is 0 Å². The van der Waals surface area contributed by atoms with Gasteiger partial charge >= 0.3 is 0 Å². The molecule has 2 N–H and O–H groups in total. The van der Waals surface area contributed by atoms with Crippen LogP contribution in [0, 0.1) is 18.3 Å². The van der Waals surface area contributed by atoms with Gasteiger partial charge in [-0.15, -0.1) is 11.3 Å². The number of benzene rings is 2. The van der Waals surface area contributed by atoms with E-state index in [1.54, 1.807) is 31.5 Å². The molecule has 1 unspecified atom stereocenters. The van der Waals surface area contributed by atoms with Crippen molar-refractivity contribution in [2.45, 2.75) is 32.2 Å². The molecule has 2 aromatic heterocycles. The van der Waals surface area contributed by atoms with E-state index in [9.17, 15) is 10.1 Å². The Labute approximate surface area is 213 Å². The minimum Gasteiger partial charge on any atom is -0.496 e. The predicted molar refractivity (Wildman–Crippen MR) is 142 cm³/mol. The van der Waals surface area contributed by atoms with Crippen LogP contribution in [0.3, 0.4) is 0 Å². The van der Waals surface area contributed by atoms with Crippen molar-refractivity contribution in [3.8, 4) is 22.9 Å². The first-order valence-electron chi connectivity index (χ1n) is 11.7. The lowest BCUT2D eigenvalue weighted by Crippen LogP contribution is -2.26. The van der Waals surface area contributed by atoms with Crippen molar-refractivity contribution in [1.82, 2.24) is 9.97 Å². The fourth-order valence-electron chi connectivity index (χ4n) is 4.44. The third kappa shape index (κ3) is 4.92. The first-order valence-corrected chi connectivity index (χ1v) is 12.5. The molecule has 4 aromatic rings. The summed E-state index contributed by atoms with van der Waals surface area (Å²) in [6.07, 6.45) is 4.28. The zero-order valence-corrected chi connectivity index (χ0v) is 20.9. The van der Waals surface area contributed by atoms with Crippen LogP contribution in [0.1, 0.15) is 38.6 Å². The summed E-state index contributed by atoms with van der Waals surface area (Å²) in [6.45, 7) is 1.86. The first kappa shape index (κ1) is 23.5. The van der Waals surface area contributed by atoms with Gasteiger partial charge in [0, 0.05) is 46.0 Å². The van der Waals surface area contributed by atoms with Crippen LogP contribution in [0.25, 0.3) is 11.1 Å². The predicted octanol–water partition coefficient (Wildman–Crippen LogP) is 5.62. The van der Waals surface area contributed by atoms with Crippen molar-refractivity contribution < 1.29 is 9.53 Å². The van der Waals surface area contributed by atoms with E-state index in [2.05, 4.69) is 33.8 Å². The van der Waals surface area contributed by atoms with Crippen molar-refractivity contribution in [1.29, 1.82) is 5.26 Å². The Morgan fingerprint density at radius 1 is 1.17 bits per heavy atom. The number of para-hydroxylation sites is 1. The summed E-state index contributed by atoms with van der Waals surface area (Å²) in [6, 6.07) is 19.7. The SMILES string of the molecule is COc1ccc(C#N)cc1-c1cc(C)ncc1C(=O)Nc1nc2c(s1)CC(Nc1ccccc1)CC2. The molecular formula is C28H25N5O2S. The van der Waals surface area contributed by atoms with Gasteiger partial charge in [-0.05, 0) is 56.2 Å². The van der Waals surface area contributed by atoms with Gasteiger partial charge in [0.2, 0.25) is 0 Å². The molecule has 0 fully saturated rings. The molecule has 2 aromatic carbocycles. The number of carbonyl (C=O) groups excluding carboxylic acids is 1. The average Bonchev–Trinajstić information content (AvgIpc) is 3.30.